The lowest BCUT2D eigenvalue weighted by Crippen LogP contribution is -2.49. The standard InChI is InChI=1S/C17H22F2N2O4/c18-17(19)25-13-6-4-12(5-7-13)8-9-20-15(22)11-21-10-2-1-3-14(21)16(23)24/h4-7,14,17H,1-3,8-11H2,(H,20,22)(H,23,24). The van der Waals surface area contributed by atoms with Gasteiger partial charge in [0.25, 0.3) is 0 Å². The van der Waals surface area contributed by atoms with Crippen LogP contribution in [0.4, 0.5) is 8.78 Å². The second-order valence-corrected chi connectivity index (χ2v) is 5.94. The number of hydrogen-bond donors (Lipinski definition) is 2. The zero-order valence-electron chi connectivity index (χ0n) is 13.8. The number of alkyl halides is 2. The van der Waals surface area contributed by atoms with E-state index in [1.807, 2.05) is 0 Å². The summed E-state index contributed by atoms with van der Waals surface area (Å²) in [6.45, 7) is -1.79. The molecule has 6 nitrogen and oxygen atoms in total. The van der Waals surface area contributed by atoms with Gasteiger partial charge in [-0.2, -0.15) is 8.78 Å². The minimum atomic E-state index is -2.85. The van der Waals surface area contributed by atoms with Crippen LogP contribution in [-0.2, 0) is 16.0 Å². The largest absolute Gasteiger partial charge is 0.480 e. The highest BCUT2D eigenvalue weighted by Gasteiger charge is 2.29. The van der Waals surface area contributed by atoms with E-state index in [0.29, 0.717) is 25.9 Å². The van der Waals surface area contributed by atoms with E-state index in [4.69, 9.17) is 0 Å². The molecule has 1 aromatic carbocycles. The minimum Gasteiger partial charge on any atom is -0.480 e. The molecule has 2 N–H and O–H groups in total. The monoisotopic (exact) mass is 356 g/mol. The van der Waals surface area contributed by atoms with E-state index >= 15 is 0 Å². The van der Waals surface area contributed by atoms with Crippen molar-refractivity contribution in [1.29, 1.82) is 0 Å². The molecule has 1 aromatic rings. The van der Waals surface area contributed by atoms with Crippen LogP contribution in [0.5, 0.6) is 5.75 Å². The molecule has 1 heterocycles. The molecule has 0 bridgehead atoms. The molecule has 138 valence electrons. The molecule has 0 aliphatic carbocycles. The Balaban J connectivity index is 1.73. The molecule has 25 heavy (non-hydrogen) atoms. The topological polar surface area (TPSA) is 78.9 Å². The van der Waals surface area contributed by atoms with Gasteiger partial charge in [0, 0.05) is 6.54 Å². The van der Waals surface area contributed by atoms with E-state index in [0.717, 1.165) is 18.4 Å². The fourth-order valence-electron chi connectivity index (χ4n) is 2.88. The highest BCUT2D eigenvalue weighted by atomic mass is 19.3. The van der Waals surface area contributed by atoms with Crippen LogP contribution in [0.1, 0.15) is 24.8 Å². The normalized spacial score (nSPS) is 18.1. The third-order valence-corrected chi connectivity index (χ3v) is 4.13. The molecule has 1 fully saturated rings. The zero-order valence-corrected chi connectivity index (χ0v) is 13.8. The molecule has 0 spiro atoms. The van der Waals surface area contributed by atoms with Crippen LogP contribution >= 0.6 is 0 Å². The van der Waals surface area contributed by atoms with Crippen molar-refractivity contribution in [2.24, 2.45) is 0 Å². The van der Waals surface area contributed by atoms with E-state index in [2.05, 4.69) is 10.1 Å². The first-order valence-electron chi connectivity index (χ1n) is 8.23. The van der Waals surface area contributed by atoms with Gasteiger partial charge in [-0.25, -0.2) is 0 Å². The first-order chi connectivity index (χ1) is 12.0. The lowest BCUT2D eigenvalue weighted by molar-refractivity contribution is -0.145. The second-order valence-electron chi connectivity index (χ2n) is 5.94. The second kappa shape index (κ2) is 9.31. The number of nitrogens with one attached hydrogen (secondary N) is 1. The summed E-state index contributed by atoms with van der Waals surface area (Å²) in [7, 11) is 0. The van der Waals surface area contributed by atoms with Gasteiger partial charge in [0.15, 0.2) is 0 Å². The molecule has 1 amide bonds. The number of piperidine rings is 1. The Bertz CT molecular complexity index is 581. The van der Waals surface area contributed by atoms with Gasteiger partial charge in [-0.3, -0.25) is 14.5 Å². The van der Waals surface area contributed by atoms with Crippen LogP contribution in [0.2, 0.25) is 0 Å². The summed E-state index contributed by atoms with van der Waals surface area (Å²) >= 11 is 0. The van der Waals surface area contributed by atoms with Crippen LogP contribution in [0.3, 0.4) is 0 Å². The van der Waals surface area contributed by atoms with E-state index in [1.165, 1.54) is 12.1 Å². The smallest absolute Gasteiger partial charge is 0.387 e. The number of nitrogens with zero attached hydrogens (tertiary/aromatic N) is 1. The molecule has 1 aliphatic rings. The summed E-state index contributed by atoms with van der Waals surface area (Å²) in [4.78, 5) is 24.9. The van der Waals surface area contributed by atoms with Crippen molar-refractivity contribution in [2.75, 3.05) is 19.6 Å². The number of amides is 1. The average Bonchev–Trinajstić information content (AvgIpc) is 2.56. The van der Waals surface area contributed by atoms with E-state index < -0.39 is 18.6 Å². The fourth-order valence-corrected chi connectivity index (χ4v) is 2.88. The zero-order chi connectivity index (χ0) is 18.2. The number of carboxylic acids is 1. The predicted octanol–water partition coefficient (Wildman–Crippen LogP) is 1.89. The highest BCUT2D eigenvalue weighted by Crippen LogP contribution is 2.17. The Kier molecular flexibility index (Phi) is 7.12. The molecule has 2 rings (SSSR count). The maximum atomic E-state index is 12.1. The molecule has 1 atom stereocenters. The number of halogens is 2. The molecular weight excluding hydrogens is 334 g/mol. The van der Waals surface area contributed by atoms with Gasteiger partial charge in [0.1, 0.15) is 11.8 Å². The molecule has 1 aliphatic heterocycles. The molecule has 0 aromatic heterocycles. The van der Waals surface area contributed by atoms with Crippen molar-refractivity contribution >= 4 is 11.9 Å². The average molecular weight is 356 g/mol. The summed E-state index contributed by atoms with van der Waals surface area (Å²) in [5, 5.41) is 12.0. The minimum absolute atomic E-state index is 0.0676. The van der Waals surface area contributed by atoms with Gasteiger partial charge < -0.3 is 15.2 Å². The Labute approximate surface area is 144 Å². The van der Waals surface area contributed by atoms with Crippen LogP contribution in [0.25, 0.3) is 0 Å². The Morgan fingerprint density at radius 1 is 1.28 bits per heavy atom. The van der Waals surface area contributed by atoms with Crippen molar-refractivity contribution < 1.29 is 28.2 Å². The van der Waals surface area contributed by atoms with Gasteiger partial charge in [-0.1, -0.05) is 18.6 Å². The lowest BCUT2D eigenvalue weighted by Gasteiger charge is -2.32. The number of carbonyl (C=O) groups excluding carboxylic acids is 1. The van der Waals surface area contributed by atoms with Gasteiger partial charge in [0.2, 0.25) is 5.91 Å². The number of carbonyl (C=O) groups is 2. The predicted molar refractivity (Wildman–Crippen MR) is 86.6 cm³/mol. The summed E-state index contributed by atoms with van der Waals surface area (Å²) in [5.74, 6) is -1.02. The van der Waals surface area contributed by atoms with Gasteiger partial charge in [-0.15, -0.1) is 0 Å². The third kappa shape index (κ3) is 6.30. The maximum absolute atomic E-state index is 12.1. The lowest BCUT2D eigenvalue weighted by atomic mass is 10.0. The quantitative estimate of drug-likeness (QED) is 0.744. The number of aliphatic carboxylic acids is 1. The first-order valence-corrected chi connectivity index (χ1v) is 8.23. The number of likely N-dealkylation sites (tertiary alicyclic amines) is 1. The number of hydrogen-bond acceptors (Lipinski definition) is 4. The molecular formula is C17H22F2N2O4. The van der Waals surface area contributed by atoms with E-state index in [-0.39, 0.29) is 18.2 Å². The first kappa shape index (κ1) is 19.1. The Morgan fingerprint density at radius 3 is 2.64 bits per heavy atom. The maximum Gasteiger partial charge on any atom is 0.387 e. The molecule has 1 unspecified atom stereocenters. The third-order valence-electron chi connectivity index (χ3n) is 4.13. The molecule has 1 saturated heterocycles. The van der Waals surface area contributed by atoms with Crippen molar-refractivity contribution in [2.45, 2.75) is 38.3 Å². The number of benzene rings is 1. The molecule has 8 heteroatoms. The number of carboxylic acid groups (broad SMARTS) is 1. The fraction of sp³-hybridized carbons (Fsp3) is 0.529. The highest BCUT2D eigenvalue weighted by molar-refractivity contribution is 5.80. The molecule has 0 saturated carbocycles. The van der Waals surface area contributed by atoms with Crippen LogP contribution in [0.15, 0.2) is 24.3 Å². The van der Waals surface area contributed by atoms with Gasteiger partial charge in [0.05, 0.1) is 6.54 Å². The summed E-state index contributed by atoms with van der Waals surface area (Å²) in [6.07, 6.45) is 2.86. The van der Waals surface area contributed by atoms with Crippen LogP contribution < -0.4 is 10.1 Å². The van der Waals surface area contributed by atoms with Gasteiger partial charge in [-0.05, 0) is 43.5 Å². The van der Waals surface area contributed by atoms with Gasteiger partial charge >= 0.3 is 12.6 Å². The summed E-state index contributed by atoms with van der Waals surface area (Å²) in [6, 6.07) is 5.63. The SMILES string of the molecule is O=C(CN1CCCCC1C(=O)O)NCCc1ccc(OC(F)F)cc1. The van der Waals surface area contributed by atoms with Crippen molar-refractivity contribution in [3.8, 4) is 5.75 Å². The Morgan fingerprint density at radius 2 is 2.00 bits per heavy atom. The van der Waals surface area contributed by atoms with Crippen LogP contribution in [0, 0.1) is 0 Å². The summed E-state index contributed by atoms with van der Waals surface area (Å²) < 4.78 is 28.4. The van der Waals surface area contributed by atoms with Crippen molar-refractivity contribution in [3.05, 3.63) is 29.8 Å². The summed E-state index contributed by atoms with van der Waals surface area (Å²) in [5.41, 5.74) is 0.878. The van der Waals surface area contributed by atoms with Crippen molar-refractivity contribution in [1.82, 2.24) is 10.2 Å². The van der Waals surface area contributed by atoms with Crippen LogP contribution in [-0.4, -0.2) is 54.2 Å². The molecule has 0 radical (unpaired) electrons. The number of rotatable bonds is 8. The van der Waals surface area contributed by atoms with E-state index in [1.54, 1.807) is 17.0 Å². The number of ether oxygens (including phenoxy) is 1. The van der Waals surface area contributed by atoms with E-state index in [9.17, 15) is 23.5 Å². The van der Waals surface area contributed by atoms with Crippen molar-refractivity contribution in [3.63, 3.8) is 0 Å². The Hall–Kier alpha value is -2.22.